The van der Waals surface area contributed by atoms with Crippen molar-refractivity contribution in [3.63, 3.8) is 0 Å². The maximum Gasteiger partial charge on any atom is 0.340 e. The number of benzene rings is 1. The Kier molecular flexibility index (Phi) is 4.35. The lowest BCUT2D eigenvalue weighted by Crippen LogP contribution is -2.02. The summed E-state index contributed by atoms with van der Waals surface area (Å²) in [5, 5.41) is 0.794. The zero-order valence-electron chi connectivity index (χ0n) is 13.0. The number of fused-ring (bicyclic) bond motifs is 1. The minimum absolute atomic E-state index is 0.370. The fraction of sp³-hybridized carbons (Fsp3) is 0.222. The van der Waals surface area contributed by atoms with Gasteiger partial charge in [-0.2, -0.15) is 0 Å². The molecule has 0 radical (unpaired) electrons. The molecule has 0 aliphatic rings. The molecule has 0 saturated heterocycles. The summed E-state index contributed by atoms with van der Waals surface area (Å²) in [7, 11) is 1.37. The van der Waals surface area contributed by atoms with Crippen LogP contribution in [0.2, 0.25) is 5.02 Å². The minimum atomic E-state index is -0.370. The Bertz CT molecular complexity index is 871. The number of hydrogen-bond donors (Lipinski definition) is 1. The van der Waals surface area contributed by atoms with Gasteiger partial charge in [0.15, 0.2) is 0 Å². The predicted molar refractivity (Wildman–Crippen MR) is 91.1 cm³/mol. The van der Waals surface area contributed by atoms with E-state index in [1.807, 2.05) is 18.2 Å². The topological polar surface area (TPSA) is 55.0 Å². The number of pyridine rings is 1. The summed E-state index contributed by atoms with van der Waals surface area (Å²) in [6, 6.07) is 9.68. The number of ether oxygens (including phenoxy) is 1. The van der Waals surface area contributed by atoms with Gasteiger partial charge in [0.1, 0.15) is 0 Å². The number of methoxy groups -OCH3 is 1. The molecule has 0 atom stereocenters. The summed E-state index contributed by atoms with van der Waals surface area (Å²) in [6.07, 6.45) is 3.23. The monoisotopic (exact) mass is 328 g/mol. The number of rotatable bonds is 4. The van der Waals surface area contributed by atoms with E-state index in [9.17, 15) is 4.79 Å². The molecule has 0 fully saturated rings. The summed E-state index contributed by atoms with van der Waals surface area (Å²) in [6.45, 7) is 2.08. The molecule has 4 nitrogen and oxygen atoms in total. The lowest BCUT2D eigenvalue weighted by molar-refractivity contribution is 0.0602. The molecule has 23 heavy (non-hydrogen) atoms. The van der Waals surface area contributed by atoms with Crippen LogP contribution in [-0.4, -0.2) is 23.0 Å². The second-order valence-corrected chi connectivity index (χ2v) is 5.77. The number of hydrogen-bond acceptors (Lipinski definition) is 3. The Morgan fingerprint density at radius 1 is 1.30 bits per heavy atom. The molecule has 3 rings (SSSR count). The highest BCUT2D eigenvalue weighted by Gasteiger charge is 2.13. The third-order valence-electron chi connectivity index (χ3n) is 3.87. The van der Waals surface area contributed by atoms with Crippen LogP contribution in [0.1, 0.15) is 34.1 Å². The van der Waals surface area contributed by atoms with Crippen molar-refractivity contribution in [3.05, 3.63) is 63.9 Å². The molecule has 118 valence electrons. The first-order valence-corrected chi connectivity index (χ1v) is 7.82. The molecule has 1 N–H and O–H groups in total. The number of nitrogens with one attached hydrogen (secondary N) is 1. The second-order valence-electron chi connectivity index (χ2n) is 5.36. The van der Waals surface area contributed by atoms with Gasteiger partial charge in [0, 0.05) is 23.3 Å². The van der Waals surface area contributed by atoms with E-state index in [0.717, 1.165) is 40.2 Å². The highest BCUT2D eigenvalue weighted by atomic mass is 35.5. The first-order valence-electron chi connectivity index (χ1n) is 7.44. The smallest absolute Gasteiger partial charge is 0.340 e. The summed E-state index contributed by atoms with van der Waals surface area (Å²) in [4.78, 5) is 19.4. The van der Waals surface area contributed by atoms with Crippen LogP contribution in [0.3, 0.4) is 0 Å². The third kappa shape index (κ3) is 3.08. The quantitative estimate of drug-likeness (QED) is 0.732. The molecule has 0 unspecified atom stereocenters. The van der Waals surface area contributed by atoms with E-state index in [-0.39, 0.29) is 5.97 Å². The molecular formula is C18H17ClN2O2. The number of aryl methyl sites for hydroxylation is 1. The number of aromatic amines is 1. The van der Waals surface area contributed by atoms with Crippen LogP contribution in [-0.2, 0) is 17.6 Å². The first-order chi connectivity index (χ1) is 11.1. The van der Waals surface area contributed by atoms with Crippen LogP contribution >= 0.6 is 11.6 Å². The Labute approximate surface area is 139 Å². The predicted octanol–water partition coefficient (Wildman–Crippen LogP) is 4.16. The zero-order valence-corrected chi connectivity index (χ0v) is 13.8. The average Bonchev–Trinajstić information content (AvgIpc) is 2.98. The van der Waals surface area contributed by atoms with Crippen molar-refractivity contribution in [2.24, 2.45) is 0 Å². The molecule has 3 aromatic rings. The zero-order chi connectivity index (χ0) is 16.4. The van der Waals surface area contributed by atoms with E-state index in [4.69, 9.17) is 16.3 Å². The van der Waals surface area contributed by atoms with Crippen LogP contribution in [0.4, 0.5) is 0 Å². The van der Waals surface area contributed by atoms with Gasteiger partial charge < -0.3 is 9.72 Å². The second kappa shape index (κ2) is 6.42. The lowest BCUT2D eigenvalue weighted by Gasteiger charge is -2.05. The highest BCUT2D eigenvalue weighted by molar-refractivity contribution is 6.31. The van der Waals surface area contributed by atoms with Gasteiger partial charge in [0.05, 0.1) is 23.7 Å². The molecule has 1 aromatic carbocycles. The molecule has 0 aliphatic carbocycles. The number of esters is 1. The summed E-state index contributed by atoms with van der Waals surface area (Å²) >= 11 is 6.17. The number of carbonyl (C=O) groups is 1. The van der Waals surface area contributed by atoms with Crippen LogP contribution in [0.15, 0.2) is 36.5 Å². The summed E-state index contributed by atoms with van der Waals surface area (Å²) < 4.78 is 4.81. The van der Waals surface area contributed by atoms with Gasteiger partial charge in [-0.1, -0.05) is 30.7 Å². The Balaban J connectivity index is 1.97. The molecule has 2 aromatic heterocycles. The van der Waals surface area contributed by atoms with Gasteiger partial charge >= 0.3 is 5.97 Å². The van der Waals surface area contributed by atoms with E-state index < -0.39 is 0 Å². The van der Waals surface area contributed by atoms with Crippen molar-refractivity contribution in [3.8, 4) is 0 Å². The molecule has 5 heteroatoms. The maximum atomic E-state index is 11.8. The summed E-state index contributed by atoms with van der Waals surface area (Å²) in [5.74, 6) is -0.370. The summed E-state index contributed by atoms with van der Waals surface area (Å²) in [5.41, 5.74) is 5.25. The van der Waals surface area contributed by atoms with Crippen molar-refractivity contribution in [1.82, 2.24) is 9.97 Å². The number of nitrogens with zero attached hydrogens (tertiary/aromatic N) is 1. The van der Waals surface area contributed by atoms with Crippen molar-refractivity contribution >= 4 is 28.6 Å². The van der Waals surface area contributed by atoms with E-state index in [0.29, 0.717) is 11.1 Å². The SMILES string of the molecule is CCc1cc(Cc2cc3nccc(C(=O)OC)c3[nH]2)ccc1Cl. The van der Waals surface area contributed by atoms with Gasteiger partial charge in [-0.05, 0) is 35.7 Å². The first kappa shape index (κ1) is 15.6. The van der Waals surface area contributed by atoms with Gasteiger partial charge in [0.2, 0.25) is 0 Å². The average molecular weight is 329 g/mol. The Morgan fingerprint density at radius 3 is 2.87 bits per heavy atom. The van der Waals surface area contributed by atoms with Crippen LogP contribution in [0.25, 0.3) is 11.0 Å². The molecule has 0 saturated carbocycles. The van der Waals surface area contributed by atoms with Crippen LogP contribution in [0.5, 0.6) is 0 Å². The number of H-pyrrole nitrogens is 1. The number of aromatic nitrogens is 2. The molecular weight excluding hydrogens is 312 g/mol. The van der Waals surface area contributed by atoms with E-state index >= 15 is 0 Å². The minimum Gasteiger partial charge on any atom is -0.465 e. The Morgan fingerprint density at radius 2 is 2.13 bits per heavy atom. The number of carbonyl (C=O) groups excluding carboxylic acids is 1. The standard InChI is InChI=1S/C18H17ClN2O2/c1-3-12-8-11(4-5-15(12)19)9-13-10-16-17(21-13)14(6-7-20-16)18(22)23-2/h4-8,10,21H,3,9H2,1-2H3. The van der Waals surface area contributed by atoms with E-state index in [1.54, 1.807) is 12.3 Å². The van der Waals surface area contributed by atoms with E-state index in [2.05, 4.69) is 23.0 Å². The van der Waals surface area contributed by atoms with Crippen molar-refractivity contribution in [2.45, 2.75) is 19.8 Å². The van der Waals surface area contributed by atoms with Crippen molar-refractivity contribution < 1.29 is 9.53 Å². The van der Waals surface area contributed by atoms with Crippen molar-refractivity contribution in [2.75, 3.05) is 7.11 Å². The third-order valence-corrected chi connectivity index (χ3v) is 4.24. The van der Waals surface area contributed by atoms with Crippen LogP contribution in [0, 0.1) is 0 Å². The Hall–Kier alpha value is -2.33. The fourth-order valence-corrected chi connectivity index (χ4v) is 2.94. The lowest BCUT2D eigenvalue weighted by atomic mass is 10.1. The van der Waals surface area contributed by atoms with E-state index in [1.165, 1.54) is 7.11 Å². The molecule has 2 heterocycles. The van der Waals surface area contributed by atoms with Gasteiger partial charge in [0.25, 0.3) is 0 Å². The molecule has 0 aliphatic heterocycles. The molecule has 0 bridgehead atoms. The fourth-order valence-electron chi connectivity index (χ4n) is 2.68. The molecule has 0 spiro atoms. The highest BCUT2D eigenvalue weighted by Crippen LogP contribution is 2.23. The maximum absolute atomic E-state index is 11.8. The molecule has 0 amide bonds. The normalized spacial score (nSPS) is 10.9. The number of halogens is 1. The van der Waals surface area contributed by atoms with Gasteiger partial charge in [-0.25, -0.2) is 4.79 Å². The largest absolute Gasteiger partial charge is 0.465 e. The van der Waals surface area contributed by atoms with Gasteiger partial charge in [-0.15, -0.1) is 0 Å². The van der Waals surface area contributed by atoms with Gasteiger partial charge in [-0.3, -0.25) is 4.98 Å². The van der Waals surface area contributed by atoms with Crippen LogP contribution < -0.4 is 0 Å². The van der Waals surface area contributed by atoms with Crippen molar-refractivity contribution in [1.29, 1.82) is 0 Å².